The Balaban J connectivity index is 1.18. The van der Waals surface area contributed by atoms with Crippen LogP contribution in [0.2, 0.25) is 1.41 Å². The third-order valence-corrected chi connectivity index (χ3v) is 8.05. The Kier molecular flexibility index (Phi) is 4.90. The van der Waals surface area contributed by atoms with Gasteiger partial charge in [0.05, 0.1) is 16.8 Å². The van der Waals surface area contributed by atoms with Gasteiger partial charge in [0.1, 0.15) is 13.3 Å². The van der Waals surface area contributed by atoms with Gasteiger partial charge in [-0.15, -0.1) is 0 Å². The maximum absolute atomic E-state index is 15.2. The molecule has 2 bridgehead atoms. The van der Waals surface area contributed by atoms with Gasteiger partial charge in [0.15, 0.2) is 0 Å². The summed E-state index contributed by atoms with van der Waals surface area (Å²) in [5.74, 6) is -2.39. The quantitative estimate of drug-likeness (QED) is 0.618. The number of halogens is 1. The summed E-state index contributed by atoms with van der Waals surface area (Å²) in [6.45, 7) is 4.11. The Morgan fingerprint density at radius 3 is 2.41 bits per heavy atom. The molecule has 2 N–H and O–H groups in total. The van der Waals surface area contributed by atoms with Crippen molar-refractivity contribution in [1.29, 1.82) is 0 Å². The first-order valence-corrected chi connectivity index (χ1v) is 12.1. The van der Waals surface area contributed by atoms with Crippen molar-refractivity contribution in [3.8, 4) is 0 Å². The Morgan fingerprint density at radius 2 is 1.74 bits per heavy atom. The predicted molar refractivity (Wildman–Crippen MR) is 120 cm³/mol. The molecule has 180 valence electrons. The number of benzene rings is 1. The molecular weight excluding hydrogens is 441 g/mol. The lowest BCUT2D eigenvalue weighted by atomic mass is 9.97. The number of anilines is 1. The minimum absolute atomic E-state index is 0.0346. The number of nitrogens with one attached hydrogen (secondary N) is 2. The molecule has 0 spiro atoms. The Morgan fingerprint density at radius 1 is 1.00 bits per heavy atom. The monoisotopic (exact) mass is 470 g/mol. The number of hydrogen-bond acceptors (Lipinski definition) is 7. The molecule has 1 aromatic rings. The maximum Gasteiger partial charge on any atom is 0.262 e. The van der Waals surface area contributed by atoms with Gasteiger partial charge in [-0.25, -0.2) is 4.39 Å². The molecule has 0 aliphatic carbocycles. The Hall–Kier alpha value is -2.85. The molecule has 5 aliphatic heterocycles. The molecule has 0 aromatic heterocycles. The van der Waals surface area contributed by atoms with Crippen LogP contribution in [0.15, 0.2) is 12.1 Å². The van der Waals surface area contributed by atoms with Crippen LogP contribution >= 0.6 is 0 Å². The van der Waals surface area contributed by atoms with Gasteiger partial charge in [0.2, 0.25) is 11.8 Å². The number of piperazine rings is 1. The molecular formula is C24H28FN5O4. The highest BCUT2D eigenvalue weighted by molar-refractivity contribution is 6.23. The third kappa shape index (κ3) is 3.42. The van der Waals surface area contributed by atoms with Crippen molar-refractivity contribution >= 4 is 29.3 Å². The second-order valence-electron chi connectivity index (χ2n) is 10.1. The van der Waals surface area contributed by atoms with Crippen LogP contribution in [-0.4, -0.2) is 84.3 Å². The van der Waals surface area contributed by atoms with E-state index in [-0.39, 0.29) is 30.0 Å². The largest absolute Gasteiger partial charge is 0.363 e. The van der Waals surface area contributed by atoms with Crippen LogP contribution in [0.25, 0.3) is 0 Å². The van der Waals surface area contributed by atoms with Crippen molar-refractivity contribution in [1.82, 2.24) is 20.4 Å². The van der Waals surface area contributed by atoms with Crippen LogP contribution in [0.1, 0.15) is 52.8 Å². The summed E-state index contributed by atoms with van der Waals surface area (Å²) in [6, 6.07) is 1.98. The summed E-state index contributed by atoms with van der Waals surface area (Å²) in [5.41, 5.74) is 0.398. The van der Waals surface area contributed by atoms with Gasteiger partial charge < -0.3 is 10.2 Å². The minimum Gasteiger partial charge on any atom is -0.363 e. The predicted octanol–water partition coefficient (Wildman–Crippen LogP) is 0.489. The highest BCUT2D eigenvalue weighted by Crippen LogP contribution is 2.39. The van der Waals surface area contributed by atoms with Crippen molar-refractivity contribution in [3.05, 3.63) is 29.1 Å². The third-order valence-electron chi connectivity index (χ3n) is 8.05. The van der Waals surface area contributed by atoms with Crippen LogP contribution < -0.4 is 15.5 Å². The number of likely N-dealkylation sites (tertiary alicyclic amines) is 1. The molecule has 0 radical (unpaired) electrons. The zero-order valence-electron chi connectivity index (χ0n) is 19.8. The molecule has 4 amide bonds. The van der Waals surface area contributed by atoms with Gasteiger partial charge >= 0.3 is 0 Å². The van der Waals surface area contributed by atoms with Gasteiger partial charge in [0, 0.05) is 38.1 Å². The first-order chi connectivity index (χ1) is 16.8. The molecule has 0 saturated carbocycles. The molecule has 1 unspecified atom stereocenters. The molecule has 6 rings (SSSR count). The number of piperidine rings is 2. The highest BCUT2D eigenvalue weighted by atomic mass is 19.1. The second-order valence-corrected chi connectivity index (χ2v) is 10.1. The smallest absolute Gasteiger partial charge is 0.262 e. The number of rotatable bonds is 4. The number of imide groups is 2. The first kappa shape index (κ1) is 20.5. The van der Waals surface area contributed by atoms with Crippen molar-refractivity contribution in [2.24, 2.45) is 5.92 Å². The zero-order chi connectivity index (χ0) is 24.4. The molecule has 34 heavy (non-hydrogen) atoms. The van der Waals surface area contributed by atoms with Gasteiger partial charge in [-0.2, -0.15) is 0 Å². The standard InChI is InChI=1S/C24H28FN5O4/c25-18-8-16-17(24(34)30(23(16)33)19-1-2-21(31)27-22(19)32)9-20(18)29-12-14-7-15(29)11-28(14)10-13-3-5-26-6-4-13/h8-9,13-15,19,26H,1-7,10-12H2,(H,27,31,32)/t14-,15-,19?/m0/s1/i/hD. The van der Waals surface area contributed by atoms with Crippen molar-refractivity contribution < 1.29 is 25.0 Å². The van der Waals surface area contributed by atoms with Gasteiger partial charge in [-0.1, -0.05) is 0 Å². The molecule has 4 saturated heterocycles. The SMILES string of the molecule is [2H]N1CCC(CN2C[C@@H]3C[C@H]2CN3c2cc3c(cc2F)C(=O)N(C2CCC(=O)NC2=O)C3=O)CC1. The van der Waals surface area contributed by atoms with Crippen LogP contribution in [0.3, 0.4) is 0 Å². The van der Waals surface area contributed by atoms with E-state index in [9.17, 15) is 19.2 Å². The lowest BCUT2D eigenvalue weighted by molar-refractivity contribution is -0.136. The van der Waals surface area contributed by atoms with Crippen molar-refractivity contribution in [2.45, 2.75) is 50.2 Å². The van der Waals surface area contributed by atoms with E-state index in [4.69, 9.17) is 1.41 Å². The van der Waals surface area contributed by atoms with E-state index in [0.29, 0.717) is 24.2 Å². The fraction of sp³-hybridized carbons (Fsp3) is 0.583. The van der Waals surface area contributed by atoms with E-state index < -0.39 is 35.5 Å². The molecule has 5 heterocycles. The number of carbonyl (C=O) groups is 4. The molecule has 3 atom stereocenters. The topological polar surface area (TPSA) is 102 Å². The highest BCUT2D eigenvalue weighted by Gasteiger charge is 2.48. The number of amides is 4. The molecule has 5 aliphatic rings. The normalized spacial score (nSPS) is 30.9. The molecule has 9 nitrogen and oxygen atoms in total. The summed E-state index contributed by atoms with van der Waals surface area (Å²) in [6.07, 6.45) is 3.10. The number of nitrogens with zero attached hydrogens (tertiary/aromatic N) is 3. The first-order valence-electron chi connectivity index (χ1n) is 12.5. The van der Waals surface area contributed by atoms with E-state index in [2.05, 4.69) is 10.2 Å². The molecule has 4 fully saturated rings. The Bertz CT molecular complexity index is 1120. The van der Waals surface area contributed by atoms with E-state index in [1.807, 2.05) is 4.90 Å². The molecule has 10 heteroatoms. The van der Waals surface area contributed by atoms with Crippen molar-refractivity contribution in [3.63, 3.8) is 0 Å². The van der Waals surface area contributed by atoms with Crippen LogP contribution in [-0.2, 0) is 9.59 Å². The average Bonchev–Trinajstić information content (AvgIpc) is 3.48. The molecule has 1 aromatic carbocycles. The lowest BCUT2D eigenvalue weighted by Gasteiger charge is -2.38. The van der Waals surface area contributed by atoms with Crippen molar-refractivity contribution in [2.75, 3.05) is 37.6 Å². The fourth-order valence-corrected chi connectivity index (χ4v) is 6.29. The Labute approximate surface area is 198 Å². The number of carbonyl (C=O) groups excluding carboxylic acids is 4. The summed E-state index contributed by atoms with van der Waals surface area (Å²) >= 11 is 0. The van der Waals surface area contributed by atoms with E-state index in [1.165, 1.54) is 6.07 Å². The number of fused-ring (bicyclic) bond motifs is 3. The van der Waals surface area contributed by atoms with E-state index in [1.54, 1.807) is 5.31 Å². The van der Waals surface area contributed by atoms with E-state index in [0.717, 1.165) is 56.4 Å². The van der Waals surface area contributed by atoms with Gasteiger partial charge in [-0.3, -0.25) is 34.3 Å². The summed E-state index contributed by atoms with van der Waals surface area (Å²) in [4.78, 5) is 55.2. The van der Waals surface area contributed by atoms with Crippen LogP contribution in [0, 0.1) is 11.7 Å². The summed E-state index contributed by atoms with van der Waals surface area (Å²) in [7, 11) is 0. The van der Waals surface area contributed by atoms with E-state index >= 15 is 4.39 Å². The van der Waals surface area contributed by atoms with Crippen LogP contribution in [0.5, 0.6) is 0 Å². The minimum atomic E-state index is -1.06. The fourth-order valence-electron chi connectivity index (χ4n) is 6.29. The number of hydrogen-bond donors (Lipinski definition) is 2. The average molecular weight is 471 g/mol. The lowest BCUT2D eigenvalue weighted by Crippen LogP contribution is -2.54. The zero-order valence-corrected chi connectivity index (χ0v) is 18.8. The summed E-state index contributed by atoms with van der Waals surface area (Å²) in [5, 5.41) is 3.80. The van der Waals surface area contributed by atoms with Crippen LogP contribution in [0.4, 0.5) is 10.1 Å². The second kappa shape index (κ2) is 8.13. The van der Waals surface area contributed by atoms with Gasteiger partial charge in [-0.05, 0) is 56.8 Å². The van der Waals surface area contributed by atoms with Gasteiger partial charge in [0.25, 0.3) is 11.8 Å². The maximum atomic E-state index is 15.2. The summed E-state index contributed by atoms with van der Waals surface area (Å²) < 4.78 is 23.0.